The molecule has 0 spiro atoms. The van der Waals surface area contributed by atoms with Gasteiger partial charge < -0.3 is 5.32 Å². The van der Waals surface area contributed by atoms with Crippen LogP contribution in [0.5, 0.6) is 0 Å². The molecule has 1 radical (unpaired) electrons. The minimum atomic E-state index is -4.78. The van der Waals surface area contributed by atoms with Crippen molar-refractivity contribution in [3.8, 4) is 0 Å². The minimum Gasteiger partial charge on any atom is -0.377 e. The van der Waals surface area contributed by atoms with Crippen molar-refractivity contribution in [2.45, 2.75) is 4.90 Å². The normalized spacial score (nSPS) is 10.4. The van der Waals surface area contributed by atoms with Crippen LogP contribution in [0.4, 0.5) is 17.1 Å². The van der Waals surface area contributed by atoms with Gasteiger partial charge in [-0.05, 0) is 0 Å². The third-order valence-corrected chi connectivity index (χ3v) is 2.84. The Hall–Kier alpha value is -0.634. The van der Waals surface area contributed by atoms with E-state index < -0.39 is 41.9 Å². The summed E-state index contributed by atoms with van der Waals surface area (Å²) in [6.45, 7) is 0. The van der Waals surface area contributed by atoms with Crippen molar-refractivity contribution < 1.29 is 22.8 Å². The predicted octanol–water partition coefficient (Wildman–Crippen LogP) is 0.411. The van der Waals surface area contributed by atoms with Gasteiger partial charge in [-0.25, -0.2) is 0 Å². The largest absolute Gasteiger partial charge is 0.377 e. The summed E-state index contributed by atoms with van der Waals surface area (Å²) in [6.07, 6.45) is 0. The monoisotopic (exact) mass is 316 g/mol. The molecule has 1 rings (SSSR count). The number of anilines is 1. The van der Waals surface area contributed by atoms with E-state index in [1.54, 1.807) is 0 Å². The molecule has 0 aromatic heterocycles. The zero-order chi connectivity index (χ0) is 14.1. The first kappa shape index (κ1) is 18.4. The molecule has 1 aromatic carbocycles. The van der Waals surface area contributed by atoms with Crippen molar-refractivity contribution in [2.75, 3.05) is 12.4 Å². The van der Waals surface area contributed by atoms with Gasteiger partial charge in [0.15, 0.2) is 5.69 Å². The van der Waals surface area contributed by atoms with Crippen molar-refractivity contribution in [2.24, 2.45) is 0 Å². The maximum atomic E-state index is 10.9. The number of nitro benzene ring substituents is 2. The summed E-state index contributed by atoms with van der Waals surface area (Å²) in [5, 5.41) is 23.6. The predicted molar refractivity (Wildman–Crippen MR) is 64.9 cm³/mol. The fraction of sp³-hybridized carbons (Fsp3) is 0.143. The van der Waals surface area contributed by atoms with E-state index in [0.717, 1.165) is 0 Å². The Kier molecular flexibility index (Phi) is 6.47. The smallest absolute Gasteiger partial charge is 0.300 e. The molecular formula is C7H7KN3O7S. The first-order valence-electron chi connectivity index (χ1n) is 4.30. The third-order valence-electron chi connectivity index (χ3n) is 2.01. The zero-order valence-electron chi connectivity index (χ0n) is 9.85. The summed E-state index contributed by atoms with van der Waals surface area (Å²) in [6, 6.07) is 1.07. The van der Waals surface area contributed by atoms with E-state index in [-0.39, 0.29) is 51.4 Å². The molecule has 0 aliphatic heterocycles. The van der Waals surface area contributed by atoms with Gasteiger partial charge in [0.2, 0.25) is 0 Å². The second-order valence-electron chi connectivity index (χ2n) is 3.08. The second-order valence-corrected chi connectivity index (χ2v) is 4.50. The van der Waals surface area contributed by atoms with Crippen LogP contribution in [0, 0.1) is 20.2 Å². The summed E-state index contributed by atoms with van der Waals surface area (Å²) in [5.74, 6) is 0. The van der Waals surface area contributed by atoms with E-state index in [0.29, 0.717) is 12.1 Å². The topological polar surface area (TPSA) is 153 Å². The molecule has 19 heavy (non-hydrogen) atoms. The maximum absolute atomic E-state index is 10.9. The Balaban J connectivity index is 0.00000324. The van der Waals surface area contributed by atoms with Crippen LogP contribution in [0.3, 0.4) is 0 Å². The van der Waals surface area contributed by atoms with Crippen molar-refractivity contribution in [1.29, 1.82) is 0 Å². The first-order chi connectivity index (χ1) is 8.18. The average molecular weight is 316 g/mol. The van der Waals surface area contributed by atoms with Crippen LogP contribution in [0.25, 0.3) is 0 Å². The molecule has 1 aromatic rings. The van der Waals surface area contributed by atoms with Crippen LogP contribution >= 0.6 is 0 Å². The molecule has 0 amide bonds. The fourth-order valence-corrected chi connectivity index (χ4v) is 1.80. The summed E-state index contributed by atoms with van der Waals surface area (Å²) in [4.78, 5) is 18.5. The van der Waals surface area contributed by atoms with Crippen molar-refractivity contribution in [3.63, 3.8) is 0 Å². The molecule has 2 N–H and O–H groups in total. The number of nitrogens with zero attached hydrogens (tertiary/aromatic N) is 2. The van der Waals surface area contributed by atoms with Gasteiger partial charge in [-0.1, -0.05) is 0 Å². The minimum absolute atomic E-state index is 0. The fourth-order valence-electron chi connectivity index (χ4n) is 1.28. The molecule has 0 atom stereocenters. The maximum Gasteiger partial charge on any atom is 0.300 e. The number of rotatable bonds is 4. The van der Waals surface area contributed by atoms with Crippen LogP contribution in [0.15, 0.2) is 17.0 Å². The molecule has 0 saturated carbocycles. The van der Waals surface area contributed by atoms with Gasteiger partial charge in [-0.3, -0.25) is 24.8 Å². The number of nitrogens with one attached hydrogen (secondary N) is 1. The van der Waals surface area contributed by atoms with Gasteiger partial charge in [-0.2, -0.15) is 8.42 Å². The molecule has 0 heterocycles. The van der Waals surface area contributed by atoms with Gasteiger partial charge in [0.25, 0.3) is 10.1 Å². The van der Waals surface area contributed by atoms with Gasteiger partial charge in [-0.15, -0.1) is 0 Å². The van der Waals surface area contributed by atoms with E-state index in [1.807, 2.05) is 0 Å². The molecule has 0 aliphatic rings. The zero-order valence-corrected chi connectivity index (χ0v) is 13.8. The van der Waals surface area contributed by atoms with E-state index >= 15 is 0 Å². The molecule has 0 fully saturated rings. The summed E-state index contributed by atoms with van der Waals surface area (Å²) in [7, 11) is -3.57. The van der Waals surface area contributed by atoms with E-state index in [4.69, 9.17) is 4.55 Å². The molecule has 99 valence electrons. The van der Waals surface area contributed by atoms with E-state index in [2.05, 4.69) is 5.32 Å². The Labute approximate surface area is 149 Å². The van der Waals surface area contributed by atoms with Gasteiger partial charge in [0.05, 0.1) is 9.85 Å². The van der Waals surface area contributed by atoms with E-state index in [9.17, 15) is 28.6 Å². The molecule has 0 bridgehead atoms. The molecule has 0 saturated heterocycles. The Bertz CT molecular complexity index is 595. The number of hydrogen-bond donors (Lipinski definition) is 2. The molecule has 12 heteroatoms. The molecule has 0 unspecified atom stereocenters. The van der Waals surface area contributed by atoms with Crippen LogP contribution < -0.4 is 5.32 Å². The SMILES string of the molecule is CNc1c([N+](=O)[O-])cc(S(=O)(=O)O)cc1[N+](=O)[O-].[K]. The summed E-state index contributed by atoms with van der Waals surface area (Å²) >= 11 is 0. The van der Waals surface area contributed by atoms with Crippen LogP contribution in [-0.2, 0) is 10.1 Å². The van der Waals surface area contributed by atoms with Crippen molar-refractivity contribution >= 4 is 78.6 Å². The standard InChI is InChI=1S/C7H7N3O7S.K/c1-8-7-5(9(11)12)2-4(18(15,16)17)3-6(7)10(13)14;/h2-3,8H,1H3,(H,15,16,17);. The third kappa shape index (κ3) is 4.17. The number of nitro groups is 2. The molecule has 0 aliphatic carbocycles. The number of hydrogen-bond acceptors (Lipinski definition) is 7. The van der Waals surface area contributed by atoms with E-state index in [1.165, 1.54) is 7.05 Å². The molecular weight excluding hydrogens is 309 g/mol. The summed E-state index contributed by atoms with van der Waals surface area (Å²) in [5.41, 5.74) is -2.09. The first-order valence-corrected chi connectivity index (χ1v) is 5.74. The Morgan fingerprint density at radius 2 is 1.53 bits per heavy atom. The van der Waals surface area contributed by atoms with Crippen molar-refractivity contribution in [3.05, 3.63) is 32.4 Å². The second kappa shape index (κ2) is 6.69. The Morgan fingerprint density at radius 3 is 1.74 bits per heavy atom. The van der Waals surface area contributed by atoms with Gasteiger partial charge in [0, 0.05) is 70.6 Å². The number of benzene rings is 1. The quantitative estimate of drug-likeness (QED) is 0.350. The van der Waals surface area contributed by atoms with Crippen LogP contribution in [-0.4, -0.2) is 81.2 Å². The Morgan fingerprint density at radius 1 is 1.16 bits per heavy atom. The van der Waals surface area contributed by atoms with Crippen LogP contribution in [0.2, 0.25) is 0 Å². The average Bonchev–Trinajstić information content (AvgIpc) is 2.25. The molecule has 10 nitrogen and oxygen atoms in total. The van der Waals surface area contributed by atoms with Crippen molar-refractivity contribution in [1.82, 2.24) is 0 Å². The van der Waals surface area contributed by atoms with Gasteiger partial charge in [0.1, 0.15) is 4.90 Å². The van der Waals surface area contributed by atoms with Crippen LogP contribution in [0.1, 0.15) is 0 Å². The summed E-state index contributed by atoms with van der Waals surface area (Å²) < 4.78 is 30.5. The van der Waals surface area contributed by atoms with Gasteiger partial charge >= 0.3 is 11.4 Å².